The van der Waals surface area contributed by atoms with Crippen molar-refractivity contribution in [1.29, 1.82) is 0 Å². The average molecular weight is 447 g/mol. The number of rotatable bonds is 14. The molecule has 0 aliphatic rings. The lowest BCUT2D eigenvalue weighted by Crippen LogP contribution is -2.58. The highest BCUT2D eigenvalue weighted by molar-refractivity contribution is 5.95. The van der Waals surface area contributed by atoms with Crippen molar-refractivity contribution in [2.75, 3.05) is 6.61 Å². The third-order valence-electron chi connectivity index (χ3n) is 4.09. The molecule has 0 fully saturated rings. The molecule has 0 aliphatic heterocycles. The second kappa shape index (κ2) is 13.1. The summed E-state index contributed by atoms with van der Waals surface area (Å²) in [6, 6.07) is -5.76. The van der Waals surface area contributed by atoms with Crippen LogP contribution in [0.3, 0.4) is 0 Å². The average Bonchev–Trinajstić information content (AvgIpc) is 2.65. The lowest BCUT2D eigenvalue weighted by Gasteiger charge is -2.25. The number of nitrogens with one attached hydrogen (secondary N) is 3. The van der Waals surface area contributed by atoms with Gasteiger partial charge in [-0.05, 0) is 12.3 Å². The monoisotopic (exact) mass is 447 g/mol. The third-order valence-corrected chi connectivity index (χ3v) is 4.09. The number of hydrogen-bond donors (Lipinski definition) is 8. The first-order valence-corrected chi connectivity index (χ1v) is 9.30. The van der Waals surface area contributed by atoms with Crippen molar-refractivity contribution in [2.24, 2.45) is 17.4 Å². The number of nitrogens with two attached hydrogens (primary N) is 2. The Morgan fingerprint density at radius 3 is 1.81 bits per heavy atom. The van der Waals surface area contributed by atoms with E-state index in [1.54, 1.807) is 13.8 Å². The molecule has 0 rings (SSSR count). The van der Waals surface area contributed by atoms with Gasteiger partial charge in [0.05, 0.1) is 19.1 Å². The molecule has 14 heteroatoms. The zero-order valence-electron chi connectivity index (χ0n) is 17.2. The van der Waals surface area contributed by atoms with Gasteiger partial charge in [0.15, 0.2) is 0 Å². The number of carbonyl (C=O) groups excluding carboxylic acids is 4. The predicted octanol–water partition coefficient (Wildman–Crippen LogP) is -3.76. The van der Waals surface area contributed by atoms with Gasteiger partial charge in [0.1, 0.15) is 18.1 Å². The van der Waals surface area contributed by atoms with E-state index in [-0.39, 0.29) is 12.8 Å². The van der Waals surface area contributed by atoms with Crippen LogP contribution in [0.2, 0.25) is 0 Å². The molecule has 4 atom stereocenters. The van der Waals surface area contributed by atoms with Gasteiger partial charge in [0, 0.05) is 6.42 Å². The summed E-state index contributed by atoms with van der Waals surface area (Å²) in [5.74, 6) is -6.92. The Morgan fingerprint density at radius 2 is 1.39 bits per heavy atom. The van der Waals surface area contributed by atoms with Crippen LogP contribution in [0, 0.1) is 5.92 Å². The van der Waals surface area contributed by atoms with Crippen molar-refractivity contribution >= 4 is 35.6 Å². The number of aliphatic hydroxyl groups excluding tert-OH is 1. The SMILES string of the molecule is CC(C)C(NC(=O)C(CCC(N)=O)NC(=O)C(CO)NC(=O)C(N)CC(=O)O)C(=O)O. The van der Waals surface area contributed by atoms with Crippen molar-refractivity contribution in [2.45, 2.75) is 57.3 Å². The molecule has 0 bridgehead atoms. The summed E-state index contributed by atoms with van der Waals surface area (Å²) in [6.45, 7) is 2.19. The fourth-order valence-corrected chi connectivity index (χ4v) is 2.35. The van der Waals surface area contributed by atoms with Gasteiger partial charge in [0.2, 0.25) is 23.6 Å². The predicted molar refractivity (Wildman–Crippen MR) is 104 cm³/mol. The highest BCUT2D eigenvalue weighted by atomic mass is 16.4. The van der Waals surface area contributed by atoms with Crippen LogP contribution in [0.25, 0.3) is 0 Å². The van der Waals surface area contributed by atoms with Crippen molar-refractivity contribution in [1.82, 2.24) is 16.0 Å². The number of primary amides is 1. The number of hydrogen-bond acceptors (Lipinski definition) is 8. The Morgan fingerprint density at radius 1 is 0.871 bits per heavy atom. The summed E-state index contributed by atoms with van der Waals surface area (Å²) in [6.07, 6.45) is -1.32. The summed E-state index contributed by atoms with van der Waals surface area (Å²) in [5.41, 5.74) is 10.4. The van der Waals surface area contributed by atoms with Crippen LogP contribution >= 0.6 is 0 Å². The normalized spacial score (nSPS) is 14.6. The first kappa shape index (κ1) is 27.7. The maximum atomic E-state index is 12.5. The van der Waals surface area contributed by atoms with E-state index in [2.05, 4.69) is 16.0 Å². The van der Waals surface area contributed by atoms with Crippen LogP contribution < -0.4 is 27.4 Å². The molecule has 0 aromatic heterocycles. The maximum absolute atomic E-state index is 12.5. The van der Waals surface area contributed by atoms with E-state index >= 15 is 0 Å². The Labute approximate surface area is 177 Å². The molecule has 14 nitrogen and oxygen atoms in total. The van der Waals surface area contributed by atoms with Crippen LogP contribution in [-0.2, 0) is 28.8 Å². The highest BCUT2D eigenvalue weighted by Crippen LogP contribution is 2.05. The van der Waals surface area contributed by atoms with Crippen molar-refractivity contribution in [3.8, 4) is 0 Å². The lowest BCUT2D eigenvalue weighted by atomic mass is 10.0. The van der Waals surface area contributed by atoms with Gasteiger partial charge in [-0.25, -0.2) is 4.79 Å². The summed E-state index contributed by atoms with van der Waals surface area (Å²) in [4.78, 5) is 69.8. The smallest absolute Gasteiger partial charge is 0.326 e. The van der Waals surface area contributed by atoms with E-state index in [0.29, 0.717) is 0 Å². The zero-order valence-corrected chi connectivity index (χ0v) is 17.2. The number of amides is 4. The third kappa shape index (κ3) is 10.4. The highest BCUT2D eigenvalue weighted by Gasteiger charge is 2.31. The van der Waals surface area contributed by atoms with Gasteiger partial charge in [0.25, 0.3) is 0 Å². The molecule has 0 aliphatic carbocycles. The summed E-state index contributed by atoms with van der Waals surface area (Å²) >= 11 is 0. The van der Waals surface area contributed by atoms with Crippen LogP contribution in [0.4, 0.5) is 0 Å². The fourth-order valence-electron chi connectivity index (χ4n) is 2.35. The minimum Gasteiger partial charge on any atom is -0.481 e. The first-order chi connectivity index (χ1) is 14.3. The Hall–Kier alpha value is -3.26. The Bertz CT molecular complexity index is 697. The fraction of sp³-hybridized carbons (Fsp3) is 0.647. The number of carboxylic acid groups (broad SMARTS) is 2. The zero-order chi connectivity index (χ0) is 24.3. The molecule has 10 N–H and O–H groups in total. The standard InChI is InChI=1S/C17H29N5O9/c1-7(2)13(17(30)31)22-15(28)9(3-4-11(19)24)20-16(29)10(6-23)21-14(27)8(18)5-12(25)26/h7-10,13,23H,3-6,18H2,1-2H3,(H2,19,24)(H,20,29)(H,21,27)(H,22,28)(H,25,26)(H,30,31). The van der Waals surface area contributed by atoms with Gasteiger partial charge in [-0.2, -0.15) is 0 Å². The topological polar surface area (TPSA) is 251 Å². The van der Waals surface area contributed by atoms with E-state index < -0.39 is 78.7 Å². The number of carbonyl (C=O) groups is 6. The van der Waals surface area contributed by atoms with Crippen molar-refractivity contribution in [3.63, 3.8) is 0 Å². The summed E-state index contributed by atoms with van der Waals surface area (Å²) < 4.78 is 0. The number of aliphatic hydroxyl groups is 1. The van der Waals surface area contributed by atoms with Gasteiger partial charge < -0.3 is 42.7 Å². The van der Waals surface area contributed by atoms with E-state index in [0.717, 1.165) is 0 Å². The molecule has 0 spiro atoms. The molecule has 0 saturated carbocycles. The van der Waals surface area contributed by atoms with Gasteiger partial charge >= 0.3 is 11.9 Å². The molecule has 176 valence electrons. The van der Waals surface area contributed by atoms with E-state index in [1.807, 2.05) is 0 Å². The second-order valence-corrected chi connectivity index (χ2v) is 7.08. The molecule has 0 radical (unpaired) electrons. The molecule has 4 unspecified atom stereocenters. The molecule has 0 heterocycles. The largest absolute Gasteiger partial charge is 0.481 e. The van der Waals surface area contributed by atoms with Gasteiger partial charge in [-0.15, -0.1) is 0 Å². The molecule has 31 heavy (non-hydrogen) atoms. The minimum atomic E-state index is -1.59. The maximum Gasteiger partial charge on any atom is 0.326 e. The van der Waals surface area contributed by atoms with Gasteiger partial charge in [-0.3, -0.25) is 24.0 Å². The van der Waals surface area contributed by atoms with Crippen molar-refractivity contribution < 1.29 is 44.1 Å². The molecule has 0 saturated heterocycles. The first-order valence-electron chi connectivity index (χ1n) is 9.30. The quantitative estimate of drug-likeness (QED) is 0.129. The molecular weight excluding hydrogens is 418 g/mol. The van der Waals surface area contributed by atoms with Crippen LogP contribution in [0.5, 0.6) is 0 Å². The van der Waals surface area contributed by atoms with Crippen LogP contribution in [0.1, 0.15) is 33.1 Å². The molecular formula is C17H29N5O9. The number of carboxylic acids is 2. The van der Waals surface area contributed by atoms with E-state index in [1.165, 1.54) is 0 Å². The summed E-state index contributed by atoms with van der Waals surface area (Å²) in [7, 11) is 0. The van der Waals surface area contributed by atoms with Crippen molar-refractivity contribution in [3.05, 3.63) is 0 Å². The van der Waals surface area contributed by atoms with Crippen LogP contribution in [0.15, 0.2) is 0 Å². The second-order valence-electron chi connectivity index (χ2n) is 7.08. The number of aliphatic carboxylic acids is 2. The Balaban J connectivity index is 5.33. The lowest BCUT2D eigenvalue weighted by molar-refractivity contribution is -0.143. The molecule has 0 aromatic rings. The summed E-state index contributed by atoms with van der Waals surface area (Å²) in [5, 5.41) is 33.7. The van der Waals surface area contributed by atoms with E-state index in [4.69, 9.17) is 16.6 Å². The van der Waals surface area contributed by atoms with Gasteiger partial charge in [-0.1, -0.05) is 13.8 Å². The van der Waals surface area contributed by atoms with Crippen LogP contribution in [-0.4, -0.2) is 81.7 Å². The minimum absolute atomic E-state index is 0.276. The van der Waals surface area contributed by atoms with E-state index in [9.17, 15) is 39.0 Å². The molecule has 0 aromatic carbocycles. The Kier molecular flexibility index (Phi) is 11.7. The molecule has 4 amide bonds.